The average molecular weight is 126 g/mol. The van der Waals surface area contributed by atoms with E-state index in [1.54, 1.807) is 6.34 Å². The van der Waals surface area contributed by atoms with Crippen LogP contribution >= 0.6 is 0 Å². The van der Waals surface area contributed by atoms with E-state index in [1.807, 2.05) is 24.3 Å². The minimum absolute atomic E-state index is 0. The first-order chi connectivity index (χ1) is 4.47. The number of hydrogen-bond acceptors (Lipinski definition) is 2. The SMILES string of the molecule is C1=CC2=NC=NC2C=C1.[LiH]. The monoisotopic (exact) mass is 126 g/mol. The van der Waals surface area contributed by atoms with E-state index in [1.165, 1.54) is 0 Å². The van der Waals surface area contributed by atoms with Crippen LogP contribution in [0.15, 0.2) is 34.3 Å². The van der Waals surface area contributed by atoms with E-state index >= 15 is 0 Å². The average Bonchev–Trinajstić information content (AvgIpc) is 2.33. The van der Waals surface area contributed by atoms with Crippen LogP contribution in [-0.4, -0.2) is 37.0 Å². The van der Waals surface area contributed by atoms with Gasteiger partial charge in [-0.05, 0) is 6.08 Å². The number of hydrogen-bond donors (Lipinski definition) is 0. The molecule has 0 amide bonds. The predicted molar refractivity (Wildman–Crippen MR) is 45.1 cm³/mol. The molecule has 0 aromatic carbocycles. The Labute approximate surface area is 71.6 Å². The molecule has 0 spiro atoms. The van der Waals surface area contributed by atoms with Gasteiger partial charge in [-0.3, -0.25) is 4.99 Å². The number of fused-ring (bicyclic) bond motifs is 1. The van der Waals surface area contributed by atoms with Crippen molar-refractivity contribution in [3.05, 3.63) is 24.3 Å². The number of aliphatic imine (C=N–C) groups is 2. The summed E-state index contributed by atoms with van der Waals surface area (Å²) in [4.78, 5) is 8.14. The molecule has 0 saturated carbocycles. The van der Waals surface area contributed by atoms with Gasteiger partial charge in [-0.15, -0.1) is 0 Å². The summed E-state index contributed by atoms with van der Waals surface area (Å²) in [5.41, 5.74) is 1.05. The van der Waals surface area contributed by atoms with Gasteiger partial charge in [0.1, 0.15) is 12.4 Å². The maximum atomic E-state index is 4.09. The zero-order valence-corrected chi connectivity index (χ0v) is 4.86. The Morgan fingerprint density at radius 3 is 3.00 bits per heavy atom. The Balaban J connectivity index is 0.000000500. The van der Waals surface area contributed by atoms with E-state index in [4.69, 9.17) is 0 Å². The molecular weight excluding hydrogens is 119 g/mol. The second kappa shape index (κ2) is 3.00. The summed E-state index contributed by atoms with van der Waals surface area (Å²) in [5.74, 6) is 0. The summed E-state index contributed by atoms with van der Waals surface area (Å²) in [5, 5.41) is 0. The molecule has 2 rings (SSSR count). The first-order valence-electron chi connectivity index (χ1n) is 2.91. The summed E-state index contributed by atoms with van der Waals surface area (Å²) < 4.78 is 0. The van der Waals surface area contributed by atoms with Crippen LogP contribution in [0, 0.1) is 0 Å². The van der Waals surface area contributed by atoms with Crippen molar-refractivity contribution in [2.45, 2.75) is 6.04 Å². The molecule has 0 aromatic heterocycles. The topological polar surface area (TPSA) is 24.7 Å². The number of rotatable bonds is 0. The Kier molecular flexibility index (Phi) is 2.26. The van der Waals surface area contributed by atoms with Crippen molar-refractivity contribution >= 4 is 30.9 Å². The quantitative estimate of drug-likeness (QED) is 0.417. The fourth-order valence-corrected chi connectivity index (χ4v) is 0.938. The number of nitrogens with zero attached hydrogens (tertiary/aromatic N) is 2. The van der Waals surface area contributed by atoms with Gasteiger partial charge in [0, 0.05) is 0 Å². The molecule has 0 N–H and O–H groups in total. The molecule has 1 unspecified atom stereocenters. The van der Waals surface area contributed by atoms with Crippen LogP contribution in [0.3, 0.4) is 0 Å². The van der Waals surface area contributed by atoms with Crippen molar-refractivity contribution in [3.8, 4) is 0 Å². The van der Waals surface area contributed by atoms with Gasteiger partial charge in [0.05, 0.1) is 5.71 Å². The third kappa shape index (κ3) is 1.13. The summed E-state index contributed by atoms with van der Waals surface area (Å²) in [6, 6.07) is 0.218. The minimum atomic E-state index is 0. The van der Waals surface area contributed by atoms with E-state index in [2.05, 4.69) is 9.98 Å². The van der Waals surface area contributed by atoms with E-state index in [0.29, 0.717) is 0 Å². The normalized spacial score (nSPS) is 25.6. The molecule has 2 nitrogen and oxygen atoms in total. The zero-order valence-electron chi connectivity index (χ0n) is 4.86. The molecule has 10 heavy (non-hydrogen) atoms. The molecule has 2 aliphatic rings. The molecule has 0 fully saturated rings. The van der Waals surface area contributed by atoms with Crippen molar-refractivity contribution in [2.75, 3.05) is 0 Å². The van der Waals surface area contributed by atoms with Gasteiger partial charge in [0.15, 0.2) is 0 Å². The Morgan fingerprint density at radius 2 is 2.20 bits per heavy atom. The van der Waals surface area contributed by atoms with Crippen LogP contribution in [-0.2, 0) is 0 Å². The summed E-state index contributed by atoms with van der Waals surface area (Å²) in [6.45, 7) is 0. The van der Waals surface area contributed by atoms with E-state index in [-0.39, 0.29) is 24.9 Å². The fourth-order valence-electron chi connectivity index (χ4n) is 0.938. The van der Waals surface area contributed by atoms with Crippen molar-refractivity contribution in [3.63, 3.8) is 0 Å². The standard InChI is InChI=1S/C7H6N2.Li.H/c1-2-4-7-6(3-1)8-5-9-7;;/h1-6H;;. The molecular formula is C7H7LiN2. The second-order valence-corrected chi connectivity index (χ2v) is 2.01. The summed E-state index contributed by atoms with van der Waals surface area (Å²) in [6.07, 6.45) is 9.59. The second-order valence-electron chi connectivity index (χ2n) is 2.01. The first-order valence-corrected chi connectivity index (χ1v) is 2.91. The van der Waals surface area contributed by atoms with E-state index in [0.717, 1.165) is 5.71 Å². The molecule has 3 heteroatoms. The van der Waals surface area contributed by atoms with Crippen LogP contribution < -0.4 is 0 Å². The molecule has 1 atom stereocenters. The van der Waals surface area contributed by atoms with E-state index in [9.17, 15) is 0 Å². The Hall–Kier alpha value is -0.583. The predicted octanol–water partition coefficient (Wildman–Crippen LogP) is 0.315. The third-order valence-electron chi connectivity index (χ3n) is 1.41. The van der Waals surface area contributed by atoms with Crippen molar-refractivity contribution in [1.29, 1.82) is 0 Å². The van der Waals surface area contributed by atoms with Crippen molar-refractivity contribution in [1.82, 2.24) is 0 Å². The van der Waals surface area contributed by atoms with Gasteiger partial charge in [-0.25, -0.2) is 4.99 Å². The summed E-state index contributed by atoms with van der Waals surface area (Å²) >= 11 is 0. The van der Waals surface area contributed by atoms with Crippen LogP contribution in [0.2, 0.25) is 0 Å². The van der Waals surface area contributed by atoms with Gasteiger partial charge in [-0.1, -0.05) is 18.2 Å². The van der Waals surface area contributed by atoms with Crippen molar-refractivity contribution < 1.29 is 0 Å². The molecule has 1 heterocycles. The van der Waals surface area contributed by atoms with Crippen LogP contribution in [0.1, 0.15) is 0 Å². The number of allylic oxidation sites excluding steroid dienone is 2. The van der Waals surface area contributed by atoms with Gasteiger partial charge < -0.3 is 0 Å². The first kappa shape index (κ1) is 7.52. The van der Waals surface area contributed by atoms with Gasteiger partial charge >= 0.3 is 18.9 Å². The van der Waals surface area contributed by atoms with E-state index < -0.39 is 0 Å². The molecule has 1 aliphatic heterocycles. The zero-order chi connectivity index (χ0) is 6.10. The molecule has 0 aromatic rings. The van der Waals surface area contributed by atoms with Crippen LogP contribution in [0.4, 0.5) is 0 Å². The van der Waals surface area contributed by atoms with Gasteiger partial charge in [-0.2, -0.15) is 0 Å². The van der Waals surface area contributed by atoms with Gasteiger partial charge in [0.25, 0.3) is 0 Å². The Bertz CT molecular complexity index is 238. The molecule has 46 valence electrons. The third-order valence-corrected chi connectivity index (χ3v) is 1.41. The molecule has 0 saturated heterocycles. The van der Waals surface area contributed by atoms with Crippen molar-refractivity contribution in [2.24, 2.45) is 9.98 Å². The van der Waals surface area contributed by atoms with Crippen LogP contribution in [0.5, 0.6) is 0 Å². The van der Waals surface area contributed by atoms with Crippen LogP contribution in [0.25, 0.3) is 0 Å². The molecule has 0 radical (unpaired) electrons. The maximum absolute atomic E-state index is 4.09. The van der Waals surface area contributed by atoms with Gasteiger partial charge in [0.2, 0.25) is 0 Å². The summed E-state index contributed by atoms with van der Waals surface area (Å²) in [7, 11) is 0. The fraction of sp³-hybridized carbons (Fsp3) is 0.143. The molecule has 0 bridgehead atoms. The molecule has 1 aliphatic carbocycles. The Morgan fingerprint density at radius 1 is 1.30 bits per heavy atom.